The summed E-state index contributed by atoms with van der Waals surface area (Å²) in [6.07, 6.45) is 9.19. The first kappa shape index (κ1) is 15.9. The summed E-state index contributed by atoms with van der Waals surface area (Å²) in [5.41, 5.74) is 2.13. The zero-order valence-electron chi connectivity index (χ0n) is 13.4. The van der Waals surface area contributed by atoms with Crippen molar-refractivity contribution in [1.29, 1.82) is 0 Å². The van der Waals surface area contributed by atoms with Crippen molar-refractivity contribution in [1.82, 2.24) is 19.9 Å². The van der Waals surface area contributed by atoms with Crippen LogP contribution in [0.1, 0.15) is 30.1 Å². The van der Waals surface area contributed by atoms with Crippen molar-refractivity contribution in [2.24, 2.45) is 0 Å². The molecule has 122 valence electrons. The molecule has 0 radical (unpaired) electrons. The molecular weight excluding hydrogens is 288 g/mol. The summed E-state index contributed by atoms with van der Waals surface area (Å²) < 4.78 is 1.97. The van der Waals surface area contributed by atoms with Crippen molar-refractivity contribution in [3.63, 3.8) is 0 Å². The zero-order valence-corrected chi connectivity index (χ0v) is 13.4. The van der Waals surface area contributed by atoms with E-state index in [0.717, 1.165) is 38.2 Å². The standard InChI is InChI=1S/C18H24N4O/c23-14-10-17-15-22(20-19-17)18-8-12-21(13-9-18)11-4-7-16-5-2-1-3-6-16/h1-7,15,18,23H,8-14H2. The van der Waals surface area contributed by atoms with Crippen molar-refractivity contribution in [3.8, 4) is 0 Å². The van der Waals surface area contributed by atoms with Crippen LogP contribution in [-0.2, 0) is 6.42 Å². The predicted octanol–water partition coefficient (Wildman–Crippen LogP) is 2.16. The highest BCUT2D eigenvalue weighted by atomic mass is 16.3. The Morgan fingerprint density at radius 2 is 1.96 bits per heavy atom. The van der Waals surface area contributed by atoms with E-state index in [2.05, 4.69) is 51.6 Å². The van der Waals surface area contributed by atoms with Gasteiger partial charge in [-0.3, -0.25) is 4.90 Å². The Hall–Kier alpha value is -1.98. The van der Waals surface area contributed by atoms with Gasteiger partial charge in [-0.1, -0.05) is 47.7 Å². The average molecular weight is 312 g/mol. The Labute approximate surface area is 137 Å². The summed E-state index contributed by atoms with van der Waals surface area (Å²) in [4.78, 5) is 2.47. The van der Waals surface area contributed by atoms with E-state index < -0.39 is 0 Å². The highest BCUT2D eigenvalue weighted by Crippen LogP contribution is 2.21. The van der Waals surface area contributed by atoms with Crippen LogP contribution >= 0.6 is 0 Å². The summed E-state index contributed by atoms with van der Waals surface area (Å²) in [5, 5.41) is 17.3. The largest absolute Gasteiger partial charge is 0.396 e. The first-order valence-electron chi connectivity index (χ1n) is 8.30. The number of likely N-dealkylation sites (tertiary alicyclic amines) is 1. The van der Waals surface area contributed by atoms with Crippen molar-refractivity contribution >= 4 is 6.08 Å². The minimum atomic E-state index is 0.130. The highest BCUT2D eigenvalue weighted by molar-refractivity contribution is 5.48. The van der Waals surface area contributed by atoms with Crippen LogP contribution in [0.4, 0.5) is 0 Å². The fourth-order valence-corrected chi connectivity index (χ4v) is 2.99. The average Bonchev–Trinajstić information content (AvgIpc) is 3.06. The van der Waals surface area contributed by atoms with Crippen LogP contribution in [0.15, 0.2) is 42.6 Å². The summed E-state index contributed by atoms with van der Waals surface area (Å²) in [5.74, 6) is 0. The van der Waals surface area contributed by atoms with Gasteiger partial charge in [0.25, 0.3) is 0 Å². The van der Waals surface area contributed by atoms with Gasteiger partial charge in [-0.15, -0.1) is 5.10 Å². The molecule has 0 unspecified atom stereocenters. The third-order valence-corrected chi connectivity index (χ3v) is 4.33. The third kappa shape index (κ3) is 4.50. The molecule has 5 nitrogen and oxygen atoms in total. The van der Waals surface area contributed by atoms with E-state index >= 15 is 0 Å². The van der Waals surface area contributed by atoms with Gasteiger partial charge < -0.3 is 5.11 Å². The van der Waals surface area contributed by atoms with Gasteiger partial charge >= 0.3 is 0 Å². The third-order valence-electron chi connectivity index (χ3n) is 4.33. The minimum absolute atomic E-state index is 0.130. The van der Waals surface area contributed by atoms with Gasteiger partial charge in [0.1, 0.15) is 0 Å². The number of benzene rings is 1. The Kier molecular flexibility index (Phi) is 5.56. The van der Waals surface area contributed by atoms with E-state index in [1.807, 2.05) is 16.9 Å². The van der Waals surface area contributed by atoms with Crippen molar-refractivity contribution in [2.45, 2.75) is 25.3 Å². The van der Waals surface area contributed by atoms with Crippen LogP contribution in [0.5, 0.6) is 0 Å². The monoisotopic (exact) mass is 312 g/mol. The number of nitrogens with zero attached hydrogens (tertiary/aromatic N) is 4. The maximum atomic E-state index is 8.95. The fraction of sp³-hybridized carbons (Fsp3) is 0.444. The van der Waals surface area contributed by atoms with E-state index in [1.165, 1.54) is 5.56 Å². The van der Waals surface area contributed by atoms with Crippen LogP contribution in [0.3, 0.4) is 0 Å². The molecule has 0 saturated carbocycles. The second-order valence-corrected chi connectivity index (χ2v) is 6.01. The molecule has 2 heterocycles. The molecule has 1 aromatic carbocycles. The maximum Gasteiger partial charge on any atom is 0.0850 e. The minimum Gasteiger partial charge on any atom is -0.396 e. The molecule has 0 spiro atoms. The molecule has 3 rings (SSSR count). The van der Waals surface area contributed by atoms with Crippen LogP contribution in [0.25, 0.3) is 6.08 Å². The number of hydrogen-bond donors (Lipinski definition) is 1. The van der Waals surface area contributed by atoms with Gasteiger partial charge in [-0.05, 0) is 18.4 Å². The molecule has 0 bridgehead atoms. The SMILES string of the molecule is OCCc1cn(C2CCN(CC=Cc3ccccc3)CC2)nn1. The van der Waals surface area contributed by atoms with Gasteiger partial charge in [0, 0.05) is 38.9 Å². The Morgan fingerprint density at radius 1 is 1.17 bits per heavy atom. The lowest BCUT2D eigenvalue weighted by molar-refractivity contribution is 0.194. The number of piperidine rings is 1. The molecule has 1 aliphatic heterocycles. The summed E-state index contributed by atoms with van der Waals surface area (Å²) in [6.45, 7) is 3.29. The molecule has 1 aromatic heterocycles. The van der Waals surface area contributed by atoms with Gasteiger partial charge in [0.2, 0.25) is 0 Å². The van der Waals surface area contributed by atoms with E-state index in [-0.39, 0.29) is 6.61 Å². The molecule has 1 N–H and O–H groups in total. The lowest BCUT2D eigenvalue weighted by Crippen LogP contribution is -2.34. The molecule has 5 heteroatoms. The number of aliphatic hydroxyl groups is 1. The molecule has 23 heavy (non-hydrogen) atoms. The summed E-state index contributed by atoms with van der Waals surface area (Å²) in [7, 11) is 0. The second-order valence-electron chi connectivity index (χ2n) is 6.01. The quantitative estimate of drug-likeness (QED) is 0.888. The van der Waals surface area contributed by atoms with Crippen LogP contribution in [-0.4, -0.2) is 51.2 Å². The number of aliphatic hydroxyl groups excluding tert-OH is 1. The van der Waals surface area contributed by atoms with Crippen LogP contribution in [0.2, 0.25) is 0 Å². The topological polar surface area (TPSA) is 54.2 Å². The van der Waals surface area contributed by atoms with Gasteiger partial charge in [0.05, 0.1) is 11.7 Å². The lowest BCUT2D eigenvalue weighted by atomic mass is 10.1. The van der Waals surface area contributed by atoms with E-state index in [4.69, 9.17) is 5.11 Å². The van der Waals surface area contributed by atoms with Gasteiger partial charge in [-0.2, -0.15) is 0 Å². The number of rotatable bonds is 6. The smallest absolute Gasteiger partial charge is 0.0850 e. The normalized spacial score (nSPS) is 17.1. The van der Waals surface area contributed by atoms with E-state index in [9.17, 15) is 0 Å². The molecule has 1 saturated heterocycles. The van der Waals surface area contributed by atoms with Crippen molar-refractivity contribution in [3.05, 3.63) is 53.9 Å². The van der Waals surface area contributed by atoms with E-state index in [1.54, 1.807) is 0 Å². The molecule has 0 aliphatic carbocycles. The lowest BCUT2D eigenvalue weighted by Gasteiger charge is -2.30. The number of hydrogen-bond acceptors (Lipinski definition) is 4. The van der Waals surface area contributed by atoms with Gasteiger partial charge in [0.15, 0.2) is 0 Å². The highest BCUT2D eigenvalue weighted by Gasteiger charge is 2.20. The molecular formula is C18H24N4O. The Bertz CT molecular complexity index is 615. The predicted molar refractivity (Wildman–Crippen MR) is 91.0 cm³/mol. The molecule has 0 amide bonds. The van der Waals surface area contributed by atoms with Crippen LogP contribution in [0, 0.1) is 0 Å². The maximum absolute atomic E-state index is 8.95. The van der Waals surface area contributed by atoms with Gasteiger partial charge in [-0.25, -0.2) is 4.68 Å². The second kappa shape index (κ2) is 8.04. The van der Waals surface area contributed by atoms with Crippen molar-refractivity contribution < 1.29 is 5.11 Å². The zero-order chi connectivity index (χ0) is 15.9. The summed E-state index contributed by atoms with van der Waals surface area (Å²) in [6, 6.07) is 10.8. The number of aromatic nitrogens is 3. The molecule has 0 atom stereocenters. The molecule has 1 fully saturated rings. The summed E-state index contributed by atoms with van der Waals surface area (Å²) >= 11 is 0. The molecule has 2 aromatic rings. The first-order valence-corrected chi connectivity index (χ1v) is 8.30. The Morgan fingerprint density at radius 3 is 2.70 bits per heavy atom. The molecule has 1 aliphatic rings. The first-order chi connectivity index (χ1) is 11.3. The fourth-order valence-electron chi connectivity index (χ4n) is 2.99. The Balaban J connectivity index is 1.45. The van der Waals surface area contributed by atoms with E-state index in [0.29, 0.717) is 12.5 Å². The van der Waals surface area contributed by atoms with Crippen LogP contribution < -0.4 is 0 Å². The van der Waals surface area contributed by atoms with Crippen molar-refractivity contribution in [2.75, 3.05) is 26.2 Å².